The van der Waals surface area contributed by atoms with E-state index in [0.29, 0.717) is 0 Å². The summed E-state index contributed by atoms with van der Waals surface area (Å²) in [5, 5.41) is 10.4. The van der Waals surface area contributed by atoms with Crippen molar-refractivity contribution in [2.75, 3.05) is 6.61 Å². The Kier molecular flexibility index (Phi) is 5.41. The number of benzene rings is 1. The monoisotopic (exact) mass is 269 g/mol. The number of hydrogen-bond acceptors (Lipinski definition) is 4. The van der Waals surface area contributed by atoms with Crippen molar-refractivity contribution in [3.8, 4) is 0 Å². The summed E-state index contributed by atoms with van der Waals surface area (Å²) in [5.74, 6) is -1.48. The number of carbonyl (C=O) groups excluding carboxylic acids is 1. The zero-order valence-corrected chi connectivity index (χ0v) is 10.9. The van der Waals surface area contributed by atoms with Crippen molar-refractivity contribution in [1.82, 2.24) is 0 Å². The van der Waals surface area contributed by atoms with Crippen LogP contribution in [0, 0.1) is 21.8 Å². The lowest BCUT2D eigenvalue weighted by Crippen LogP contribution is -2.12. The molecule has 0 aromatic heterocycles. The lowest BCUT2D eigenvalue weighted by molar-refractivity contribution is -0.387. The predicted molar refractivity (Wildman–Crippen MR) is 67.4 cm³/mol. The number of carbonyl (C=O) groups is 1. The lowest BCUT2D eigenvalue weighted by Gasteiger charge is -2.10. The average molecular weight is 269 g/mol. The molecule has 6 heteroatoms. The first-order valence-electron chi connectivity index (χ1n) is 6.06. The summed E-state index contributed by atoms with van der Waals surface area (Å²) in [6, 6.07) is 2.97. The quantitative estimate of drug-likeness (QED) is 0.451. The van der Waals surface area contributed by atoms with Gasteiger partial charge in [-0.25, -0.2) is 4.79 Å². The minimum absolute atomic E-state index is 0.0215. The Balaban J connectivity index is 2.68. The molecule has 104 valence electrons. The molecular weight excluding hydrogens is 253 g/mol. The first-order chi connectivity index (χ1) is 8.95. The molecule has 0 fully saturated rings. The maximum Gasteiger partial charge on any atom is 0.338 e. The maximum atomic E-state index is 13.3. The molecule has 0 amide bonds. The van der Waals surface area contributed by atoms with Gasteiger partial charge in [-0.3, -0.25) is 10.1 Å². The Morgan fingerprint density at radius 2 is 2.21 bits per heavy atom. The van der Waals surface area contributed by atoms with Crippen molar-refractivity contribution in [2.24, 2.45) is 5.92 Å². The van der Waals surface area contributed by atoms with Gasteiger partial charge in [-0.2, -0.15) is 4.39 Å². The first kappa shape index (κ1) is 15.1. The molecule has 0 aliphatic carbocycles. The van der Waals surface area contributed by atoms with E-state index in [1.165, 1.54) is 6.07 Å². The molecule has 5 nitrogen and oxygen atoms in total. The number of halogens is 1. The molecule has 0 aliphatic heterocycles. The van der Waals surface area contributed by atoms with Gasteiger partial charge in [0.25, 0.3) is 0 Å². The SMILES string of the molecule is CCCC(C)COC(=O)c1ccc([N+](=O)[O-])c(F)c1. The molecule has 1 unspecified atom stereocenters. The topological polar surface area (TPSA) is 69.4 Å². The van der Waals surface area contributed by atoms with Crippen LogP contribution in [0.5, 0.6) is 0 Å². The maximum absolute atomic E-state index is 13.3. The van der Waals surface area contributed by atoms with Crippen LogP contribution >= 0.6 is 0 Å². The average Bonchev–Trinajstić information content (AvgIpc) is 2.35. The lowest BCUT2D eigenvalue weighted by atomic mass is 10.1. The normalized spacial score (nSPS) is 11.9. The molecule has 1 aromatic carbocycles. The second kappa shape index (κ2) is 6.82. The van der Waals surface area contributed by atoms with Crippen LogP contribution in [-0.4, -0.2) is 17.5 Å². The molecule has 0 saturated carbocycles. The number of nitrogens with zero attached hydrogens (tertiary/aromatic N) is 1. The Labute approximate surface area is 110 Å². The van der Waals surface area contributed by atoms with Crippen LogP contribution in [0.15, 0.2) is 18.2 Å². The van der Waals surface area contributed by atoms with Crippen molar-refractivity contribution in [1.29, 1.82) is 0 Å². The zero-order chi connectivity index (χ0) is 14.4. The summed E-state index contributed by atoms with van der Waals surface area (Å²) in [4.78, 5) is 21.2. The number of esters is 1. The molecule has 0 radical (unpaired) electrons. The van der Waals surface area contributed by atoms with Gasteiger partial charge in [-0.05, 0) is 24.5 Å². The van der Waals surface area contributed by atoms with Crippen LogP contribution in [0.2, 0.25) is 0 Å². The molecule has 1 atom stereocenters. The molecule has 1 aromatic rings. The van der Waals surface area contributed by atoms with Gasteiger partial charge in [0, 0.05) is 6.07 Å². The molecule has 0 saturated heterocycles. The second-order valence-corrected chi connectivity index (χ2v) is 4.42. The molecule has 0 aliphatic rings. The van der Waals surface area contributed by atoms with Crippen LogP contribution in [0.4, 0.5) is 10.1 Å². The molecule has 0 N–H and O–H groups in total. The molecule has 19 heavy (non-hydrogen) atoms. The standard InChI is InChI=1S/C13H16FNO4/c1-3-4-9(2)8-19-13(16)10-5-6-12(15(17)18)11(14)7-10/h5-7,9H,3-4,8H2,1-2H3. The Morgan fingerprint density at radius 3 is 2.74 bits per heavy atom. The van der Waals surface area contributed by atoms with E-state index in [4.69, 9.17) is 4.74 Å². The molecule has 0 heterocycles. The van der Waals surface area contributed by atoms with Gasteiger partial charge >= 0.3 is 11.7 Å². The van der Waals surface area contributed by atoms with E-state index < -0.39 is 22.4 Å². The fourth-order valence-electron chi connectivity index (χ4n) is 1.66. The van der Waals surface area contributed by atoms with Crippen LogP contribution < -0.4 is 0 Å². The van der Waals surface area contributed by atoms with Crippen molar-refractivity contribution in [2.45, 2.75) is 26.7 Å². The summed E-state index contributed by atoms with van der Waals surface area (Å²) >= 11 is 0. The van der Waals surface area contributed by atoms with Gasteiger partial charge in [-0.1, -0.05) is 20.3 Å². The van der Waals surface area contributed by atoms with Gasteiger partial charge in [-0.15, -0.1) is 0 Å². The van der Waals surface area contributed by atoms with E-state index in [1.807, 2.05) is 13.8 Å². The summed E-state index contributed by atoms with van der Waals surface area (Å²) in [6.45, 7) is 4.24. The van der Waals surface area contributed by atoms with Crippen molar-refractivity contribution < 1.29 is 18.8 Å². The highest BCUT2D eigenvalue weighted by Crippen LogP contribution is 2.18. The van der Waals surface area contributed by atoms with Crippen LogP contribution in [0.25, 0.3) is 0 Å². The molecule has 0 bridgehead atoms. The van der Waals surface area contributed by atoms with Crippen molar-refractivity contribution >= 4 is 11.7 Å². The number of rotatable bonds is 6. The fourth-order valence-corrected chi connectivity index (χ4v) is 1.66. The number of hydrogen-bond donors (Lipinski definition) is 0. The van der Waals surface area contributed by atoms with Crippen molar-refractivity contribution in [3.05, 3.63) is 39.7 Å². The largest absolute Gasteiger partial charge is 0.462 e. The first-order valence-corrected chi connectivity index (χ1v) is 6.06. The highest BCUT2D eigenvalue weighted by atomic mass is 19.1. The fraction of sp³-hybridized carbons (Fsp3) is 0.462. The number of nitro groups is 1. The molecule has 1 rings (SSSR count). The van der Waals surface area contributed by atoms with Crippen molar-refractivity contribution in [3.63, 3.8) is 0 Å². The Morgan fingerprint density at radius 1 is 1.53 bits per heavy atom. The van der Waals surface area contributed by atoms with E-state index in [0.717, 1.165) is 25.0 Å². The zero-order valence-electron chi connectivity index (χ0n) is 10.9. The van der Waals surface area contributed by atoms with Gasteiger partial charge < -0.3 is 4.74 Å². The van der Waals surface area contributed by atoms with E-state index in [9.17, 15) is 19.3 Å². The minimum atomic E-state index is -1.04. The van der Waals surface area contributed by atoms with Crippen LogP contribution in [0.3, 0.4) is 0 Å². The van der Waals surface area contributed by atoms with Gasteiger partial charge in [0.1, 0.15) is 0 Å². The second-order valence-electron chi connectivity index (χ2n) is 4.42. The summed E-state index contributed by atoms with van der Waals surface area (Å²) in [7, 11) is 0. The third kappa shape index (κ3) is 4.31. The highest BCUT2D eigenvalue weighted by Gasteiger charge is 2.17. The number of ether oxygens (including phenoxy) is 1. The van der Waals surface area contributed by atoms with E-state index in [1.54, 1.807) is 0 Å². The predicted octanol–water partition coefficient (Wildman–Crippen LogP) is 3.33. The van der Waals surface area contributed by atoms with Crippen LogP contribution in [0.1, 0.15) is 37.0 Å². The van der Waals surface area contributed by atoms with Gasteiger partial charge in [0.15, 0.2) is 0 Å². The third-order valence-electron chi connectivity index (χ3n) is 2.66. The van der Waals surface area contributed by atoms with Gasteiger partial charge in [0.2, 0.25) is 5.82 Å². The molecule has 0 spiro atoms. The summed E-state index contributed by atoms with van der Waals surface area (Å²) in [5.41, 5.74) is -0.678. The minimum Gasteiger partial charge on any atom is -0.462 e. The number of nitro benzene ring substituents is 1. The highest BCUT2D eigenvalue weighted by molar-refractivity contribution is 5.89. The van der Waals surface area contributed by atoms with Crippen LogP contribution in [-0.2, 0) is 4.74 Å². The summed E-state index contributed by atoms with van der Waals surface area (Å²) < 4.78 is 18.4. The Hall–Kier alpha value is -1.98. The van der Waals surface area contributed by atoms with E-state index >= 15 is 0 Å². The Bertz CT molecular complexity index is 476. The van der Waals surface area contributed by atoms with E-state index in [2.05, 4.69) is 0 Å². The van der Waals surface area contributed by atoms with E-state index in [-0.39, 0.29) is 18.1 Å². The summed E-state index contributed by atoms with van der Waals surface area (Å²) in [6.07, 6.45) is 1.92. The molecular formula is C13H16FNO4. The smallest absolute Gasteiger partial charge is 0.338 e. The third-order valence-corrected chi connectivity index (χ3v) is 2.66. The van der Waals surface area contributed by atoms with Gasteiger partial charge in [0.05, 0.1) is 17.1 Å².